The predicted octanol–water partition coefficient (Wildman–Crippen LogP) is 4.31. The molecule has 7 heteroatoms. The lowest BCUT2D eigenvalue weighted by atomic mass is 10.1. The van der Waals surface area contributed by atoms with E-state index in [1.807, 2.05) is 48.7 Å². The van der Waals surface area contributed by atoms with Crippen molar-refractivity contribution in [3.05, 3.63) is 65.3 Å². The lowest BCUT2D eigenvalue weighted by Gasteiger charge is -2.06. The van der Waals surface area contributed by atoms with Crippen molar-refractivity contribution in [3.63, 3.8) is 0 Å². The molecule has 2 heterocycles. The van der Waals surface area contributed by atoms with E-state index < -0.39 is 0 Å². The average molecular weight is 368 g/mol. The van der Waals surface area contributed by atoms with E-state index in [-0.39, 0.29) is 0 Å². The molecule has 0 spiro atoms. The van der Waals surface area contributed by atoms with E-state index in [0.717, 1.165) is 26.9 Å². The summed E-state index contributed by atoms with van der Waals surface area (Å²) in [6, 6.07) is 18.0. The van der Waals surface area contributed by atoms with Crippen LogP contribution in [0.5, 0.6) is 0 Å². The van der Waals surface area contributed by atoms with Crippen LogP contribution in [0.2, 0.25) is 5.15 Å². The van der Waals surface area contributed by atoms with Crippen molar-refractivity contribution in [1.82, 2.24) is 25.2 Å². The number of hydrogen-bond acceptors (Lipinski definition) is 5. The standard InChI is InChI=1S/C18H14ClN5S/c1-25-15-8-7-13-9-14(17(19)20-16(13)10-15)11-24-22-18(21-23-24)12-5-3-2-4-6-12/h2-10H,11H2,1H3. The van der Waals surface area contributed by atoms with E-state index in [4.69, 9.17) is 11.6 Å². The third-order valence-corrected chi connectivity index (χ3v) is 4.90. The number of fused-ring (bicyclic) bond motifs is 1. The van der Waals surface area contributed by atoms with Crippen molar-refractivity contribution in [2.75, 3.05) is 6.26 Å². The molecule has 0 fully saturated rings. The predicted molar refractivity (Wildman–Crippen MR) is 101 cm³/mol. The van der Waals surface area contributed by atoms with Gasteiger partial charge in [0.15, 0.2) is 0 Å². The molecule has 2 aromatic heterocycles. The van der Waals surface area contributed by atoms with Gasteiger partial charge in [-0.3, -0.25) is 0 Å². The molecule has 0 saturated carbocycles. The number of thioether (sulfide) groups is 1. The summed E-state index contributed by atoms with van der Waals surface area (Å²) in [5.41, 5.74) is 2.68. The zero-order valence-corrected chi connectivity index (χ0v) is 15.0. The van der Waals surface area contributed by atoms with Crippen LogP contribution in [-0.2, 0) is 6.54 Å². The summed E-state index contributed by atoms with van der Waals surface area (Å²) >= 11 is 8.05. The van der Waals surface area contributed by atoms with Crippen molar-refractivity contribution < 1.29 is 0 Å². The number of nitrogens with zero attached hydrogens (tertiary/aromatic N) is 5. The number of halogens is 1. The van der Waals surface area contributed by atoms with Crippen molar-refractivity contribution in [3.8, 4) is 11.4 Å². The van der Waals surface area contributed by atoms with E-state index in [9.17, 15) is 0 Å². The van der Waals surface area contributed by atoms with Crippen LogP contribution < -0.4 is 0 Å². The van der Waals surface area contributed by atoms with Crippen LogP contribution in [0, 0.1) is 0 Å². The first kappa shape index (κ1) is 16.1. The van der Waals surface area contributed by atoms with E-state index in [1.165, 1.54) is 4.80 Å². The van der Waals surface area contributed by atoms with Gasteiger partial charge in [0.2, 0.25) is 5.82 Å². The lowest BCUT2D eigenvalue weighted by molar-refractivity contribution is 0.572. The Morgan fingerprint density at radius 1 is 1.08 bits per heavy atom. The highest BCUT2D eigenvalue weighted by molar-refractivity contribution is 7.98. The van der Waals surface area contributed by atoms with Gasteiger partial charge in [-0.2, -0.15) is 4.80 Å². The average Bonchev–Trinajstić information content (AvgIpc) is 3.11. The van der Waals surface area contributed by atoms with Crippen LogP contribution >= 0.6 is 23.4 Å². The fraction of sp³-hybridized carbons (Fsp3) is 0.111. The van der Waals surface area contributed by atoms with Crippen LogP contribution in [0.15, 0.2) is 59.5 Å². The van der Waals surface area contributed by atoms with Crippen LogP contribution in [-0.4, -0.2) is 31.4 Å². The topological polar surface area (TPSA) is 56.5 Å². The van der Waals surface area contributed by atoms with E-state index in [0.29, 0.717) is 17.5 Å². The molecule has 0 saturated heterocycles. The van der Waals surface area contributed by atoms with Crippen LogP contribution in [0.1, 0.15) is 5.56 Å². The smallest absolute Gasteiger partial charge is 0.204 e. The summed E-state index contributed by atoms with van der Waals surface area (Å²) in [7, 11) is 0. The minimum absolute atomic E-state index is 0.423. The summed E-state index contributed by atoms with van der Waals surface area (Å²) in [4.78, 5) is 7.20. The fourth-order valence-electron chi connectivity index (χ4n) is 2.57. The van der Waals surface area contributed by atoms with Crippen LogP contribution in [0.3, 0.4) is 0 Å². The lowest BCUT2D eigenvalue weighted by Crippen LogP contribution is -2.05. The van der Waals surface area contributed by atoms with Crippen molar-refractivity contribution in [2.45, 2.75) is 11.4 Å². The van der Waals surface area contributed by atoms with Gasteiger partial charge in [-0.25, -0.2) is 4.98 Å². The Morgan fingerprint density at radius 2 is 1.92 bits per heavy atom. The maximum Gasteiger partial charge on any atom is 0.204 e. The second kappa shape index (κ2) is 6.82. The summed E-state index contributed by atoms with van der Waals surface area (Å²) in [5.74, 6) is 0.593. The summed E-state index contributed by atoms with van der Waals surface area (Å²) in [6.07, 6.45) is 2.04. The van der Waals surface area contributed by atoms with E-state index in [2.05, 4.69) is 32.5 Å². The molecular formula is C18H14ClN5S. The summed E-state index contributed by atoms with van der Waals surface area (Å²) < 4.78 is 0. The van der Waals surface area contributed by atoms with Gasteiger partial charge < -0.3 is 0 Å². The van der Waals surface area contributed by atoms with Crippen molar-refractivity contribution in [2.24, 2.45) is 0 Å². The van der Waals surface area contributed by atoms with E-state index in [1.54, 1.807) is 11.8 Å². The Morgan fingerprint density at radius 3 is 2.72 bits per heavy atom. The quantitative estimate of drug-likeness (QED) is 0.397. The molecule has 4 rings (SSSR count). The Kier molecular flexibility index (Phi) is 4.38. The van der Waals surface area contributed by atoms with E-state index >= 15 is 0 Å². The fourth-order valence-corrected chi connectivity index (χ4v) is 3.21. The highest BCUT2D eigenvalue weighted by Crippen LogP contribution is 2.25. The molecule has 25 heavy (non-hydrogen) atoms. The molecule has 0 N–H and O–H groups in total. The SMILES string of the molecule is CSc1ccc2cc(Cn3nnc(-c4ccccc4)n3)c(Cl)nc2c1. The highest BCUT2D eigenvalue weighted by atomic mass is 35.5. The normalized spacial score (nSPS) is 11.1. The van der Waals surface area contributed by atoms with Gasteiger partial charge in [0.1, 0.15) is 5.15 Å². The maximum absolute atomic E-state index is 6.37. The Labute approximate surface area is 154 Å². The molecule has 0 aliphatic rings. The third kappa shape index (κ3) is 3.36. The first-order valence-electron chi connectivity index (χ1n) is 7.69. The number of tetrazole rings is 1. The van der Waals surface area contributed by atoms with Gasteiger partial charge in [0.05, 0.1) is 12.1 Å². The zero-order chi connectivity index (χ0) is 17.2. The summed E-state index contributed by atoms with van der Waals surface area (Å²) in [5, 5.41) is 14.2. The van der Waals surface area contributed by atoms with Crippen molar-refractivity contribution in [1.29, 1.82) is 0 Å². The summed E-state index contributed by atoms with van der Waals surface area (Å²) in [6.45, 7) is 0.423. The Hall–Kier alpha value is -2.44. The number of aromatic nitrogens is 5. The molecule has 5 nitrogen and oxygen atoms in total. The van der Waals surface area contributed by atoms with Crippen molar-refractivity contribution >= 4 is 34.3 Å². The van der Waals surface area contributed by atoms with Gasteiger partial charge in [-0.15, -0.1) is 22.0 Å². The Bertz CT molecular complexity index is 1030. The molecule has 0 aliphatic heterocycles. The van der Waals surface area contributed by atoms with Gasteiger partial charge >= 0.3 is 0 Å². The molecule has 0 amide bonds. The van der Waals surface area contributed by atoms with Gasteiger partial charge in [0, 0.05) is 21.4 Å². The molecule has 0 unspecified atom stereocenters. The minimum atomic E-state index is 0.423. The number of benzene rings is 2. The second-order valence-corrected chi connectivity index (χ2v) is 6.74. The monoisotopic (exact) mass is 367 g/mol. The third-order valence-electron chi connectivity index (χ3n) is 3.85. The number of pyridine rings is 1. The highest BCUT2D eigenvalue weighted by Gasteiger charge is 2.10. The molecule has 0 aliphatic carbocycles. The molecule has 4 aromatic rings. The zero-order valence-electron chi connectivity index (χ0n) is 13.4. The van der Waals surface area contributed by atoms with Gasteiger partial charge in [-0.05, 0) is 29.7 Å². The number of hydrogen-bond donors (Lipinski definition) is 0. The van der Waals surface area contributed by atoms with Crippen LogP contribution in [0.4, 0.5) is 0 Å². The Balaban J connectivity index is 1.64. The first-order chi connectivity index (χ1) is 12.2. The van der Waals surface area contributed by atoms with Gasteiger partial charge in [-0.1, -0.05) is 48.0 Å². The number of rotatable bonds is 4. The first-order valence-corrected chi connectivity index (χ1v) is 9.29. The minimum Gasteiger partial charge on any atom is -0.236 e. The van der Waals surface area contributed by atoms with Gasteiger partial charge in [0.25, 0.3) is 0 Å². The molecule has 124 valence electrons. The van der Waals surface area contributed by atoms with Crippen LogP contribution in [0.25, 0.3) is 22.3 Å². The molecule has 2 aromatic carbocycles. The molecule has 0 atom stereocenters. The second-order valence-electron chi connectivity index (χ2n) is 5.51. The molecule has 0 bridgehead atoms. The largest absolute Gasteiger partial charge is 0.236 e. The molecular weight excluding hydrogens is 354 g/mol. The molecule has 0 radical (unpaired) electrons. The maximum atomic E-state index is 6.37.